The van der Waals surface area contributed by atoms with E-state index in [1.54, 1.807) is 26.0 Å². The highest BCUT2D eigenvalue weighted by atomic mass is 32.2. The van der Waals surface area contributed by atoms with Crippen molar-refractivity contribution in [2.75, 3.05) is 13.2 Å². The highest BCUT2D eigenvalue weighted by molar-refractivity contribution is 7.90. The van der Waals surface area contributed by atoms with E-state index in [1.165, 1.54) is 0 Å². The molecule has 1 aromatic rings. The molecule has 0 amide bonds. The molecule has 1 fully saturated rings. The molecule has 20 heavy (non-hydrogen) atoms. The molecule has 0 spiro atoms. The second-order valence-corrected chi connectivity index (χ2v) is 7.43. The molecule has 2 rings (SSSR count). The monoisotopic (exact) mass is 294 g/mol. The van der Waals surface area contributed by atoms with Crippen molar-refractivity contribution in [3.8, 4) is 6.07 Å². The van der Waals surface area contributed by atoms with Crippen molar-refractivity contribution in [1.29, 1.82) is 5.26 Å². The molecule has 1 aliphatic rings. The third kappa shape index (κ3) is 3.01. The molecule has 0 saturated carbocycles. The summed E-state index contributed by atoms with van der Waals surface area (Å²) >= 11 is 0. The van der Waals surface area contributed by atoms with E-state index in [4.69, 9.17) is 10.00 Å². The number of ether oxygens (including phenoxy) is 1. The van der Waals surface area contributed by atoms with E-state index < -0.39 is 15.3 Å². The summed E-state index contributed by atoms with van der Waals surface area (Å²) in [5, 5.41) is 8.67. The number of sulfonamides is 1. The summed E-state index contributed by atoms with van der Waals surface area (Å²) in [6.07, 6.45) is 0. The van der Waals surface area contributed by atoms with Crippen molar-refractivity contribution in [2.24, 2.45) is 0 Å². The first-order chi connectivity index (χ1) is 9.45. The average Bonchev–Trinajstić information content (AvgIpc) is 2.85. The first-order valence-electron chi connectivity index (χ1n) is 6.53. The van der Waals surface area contributed by atoms with Gasteiger partial charge in [-0.15, -0.1) is 0 Å². The van der Waals surface area contributed by atoms with Gasteiger partial charge < -0.3 is 4.74 Å². The highest BCUT2D eigenvalue weighted by Gasteiger charge is 2.34. The number of hydrogen-bond acceptors (Lipinski definition) is 4. The molecule has 1 saturated heterocycles. The van der Waals surface area contributed by atoms with Gasteiger partial charge in [0.25, 0.3) is 0 Å². The molecule has 6 heteroatoms. The van der Waals surface area contributed by atoms with Gasteiger partial charge in [0, 0.05) is 5.92 Å². The zero-order valence-electron chi connectivity index (χ0n) is 11.5. The topological polar surface area (TPSA) is 79.2 Å². The Hall–Kier alpha value is -1.42. The summed E-state index contributed by atoms with van der Waals surface area (Å²) in [5.74, 6) is -0.126. The van der Waals surface area contributed by atoms with Gasteiger partial charge in [0.2, 0.25) is 10.0 Å². The van der Waals surface area contributed by atoms with Gasteiger partial charge in [-0.1, -0.05) is 18.2 Å². The molecule has 108 valence electrons. The molecule has 1 heterocycles. The minimum atomic E-state index is -3.36. The Kier molecular flexibility index (Phi) is 4.43. The summed E-state index contributed by atoms with van der Waals surface area (Å²) in [6, 6.07) is 9.06. The lowest BCUT2D eigenvalue weighted by Gasteiger charge is -2.21. The minimum absolute atomic E-state index is 0.126. The maximum absolute atomic E-state index is 12.0. The van der Waals surface area contributed by atoms with Crippen molar-refractivity contribution in [1.82, 2.24) is 4.72 Å². The Labute approximate surface area is 119 Å². The van der Waals surface area contributed by atoms with Gasteiger partial charge in [-0.2, -0.15) is 5.26 Å². The van der Waals surface area contributed by atoms with E-state index >= 15 is 0 Å². The molecule has 0 aliphatic carbocycles. The second kappa shape index (κ2) is 5.92. The van der Waals surface area contributed by atoms with Crippen LogP contribution in [0.4, 0.5) is 0 Å². The first-order valence-corrected chi connectivity index (χ1v) is 8.08. The van der Waals surface area contributed by atoms with Crippen LogP contribution in [-0.4, -0.2) is 32.9 Å². The van der Waals surface area contributed by atoms with Crippen LogP contribution < -0.4 is 4.72 Å². The molecule has 1 aliphatic heterocycles. The molecule has 0 unspecified atom stereocenters. The first kappa shape index (κ1) is 15.0. The average molecular weight is 294 g/mol. The van der Waals surface area contributed by atoms with Gasteiger partial charge in [-0.05, 0) is 25.5 Å². The molecule has 1 aromatic carbocycles. The minimum Gasteiger partial charge on any atom is -0.379 e. The number of hydrogen-bond donors (Lipinski definition) is 1. The van der Waals surface area contributed by atoms with E-state index in [0.717, 1.165) is 5.56 Å². The number of nitrogens with zero attached hydrogens (tertiary/aromatic N) is 1. The van der Waals surface area contributed by atoms with Gasteiger partial charge in [-0.25, -0.2) is 13.1 Å². The molecule has 0 aromatic heterocycles. The summed E-state index contributed by atoms with van der Waals surface area (Å²) in [4.78, 5) is 0. The quantitative estimate of drug-likeness (QED) is 0.909. The Morgan fingerprint density at radius 1 is 1.35 bits per heavy atom. The number of nitriles is 1. The molecule has 0 radical (unpaired) electrons. The molecule has 2 atom stereocenters. The van der Waals surface area contributed by atoms with Crippen LogP contribution in [0.25, 0.3) is 0 Å². The number of rotatable bonds is 4. The summed E-state index contributed by atoms with van der Waals surface area (Å²) in [6.45, 7) is 4.02. The van der Waals surface area contributed by atoms with Gasteiger partial charge in [0.15, 0.2) is 0 Å². The summed E-state index contributed by atoms with van der Waals surface area (Å²) < 4.78 is 32.1. The van der Waals surface area contributed by atoms with Gasteiger partial charge in [0.05, 0.1) is 36.1 Å². The van der Waals surface area contributed by atoms with Crippen LogP contribution in [0.5, 0.6) is 0 Å². The maximum atomic E-state index is 12.0. The fourth-order valence-corrected chi connectivity index (χ4v) is 3.17. The van der Waals surface area contributed by atoms with E-state index in [9.17, 15) is 8.42 Å². The van der Waals surface area contributed by atoms with E-state index in [0.29, 0.717) is 18.8 Å². The fraction of sp³-hybridized carbons (Fsp3) is 0.500. The highest BCUT2D eigenvalue weighted by Crippen LogP contribution is 2.28. The predicted molar refractivity (Wildman–Crippen MR) is 75.7 cm³/mol. The molecule has 1 N–H and O–H groups in total. The van der Waals surface area contributed by atoms with E-state index in [-0.39, 0.29) is 12.0 Å². The summed E-state index contributed by atoms with van der Waals surface area (Å²) in [5.41, 5.74) is 1.40. The van der Waals surface area contributed by atoms with Crippen LogP contribution in [0.1, 0.15) is 30.9 Å². The second-order valence-electron chi connectivity index (χ2n) is 5.16. The maximum Gasteiger partial charge on any atom is 0.214 e. The summed E-state index contributed by atoms with van der Waals surface area (Å²) in [7, 11) is -3.36. The van der Waals surface area contributed by atoms with Crippen LogP contribution in [0.15, 0.2) is 24.3 Å². The number of benzene rings is 1. The van der Waals surface area contributed by atoms with Crippen LogP contribution in [0.2, 0.25) is 0 Å². The largest absolute Gasteiger partial charge is 0.379 e. The van der Waals surface area contributed by atoms with Crippen molar-refractivity contribution in [3.05, 3.63) is 35.4 Å². The van der Waals surface area contributed by atoms with Crippen molar-refractivity contribution >= 4 is 10.0 Å². The van der Waals surface area contributed by atoms with Crippen LogP contribution in [0, 0.1) is 11.3 Å². The predicted octanol–water partition coefficient (Wildman–Crippen LogP) is 1.37. The van der Waals surface area contributed by atoms with Gasteiger partial charge >= 0.3 is 0 Å². The normalized spacial score (nSPS) is 22.9. The third-order valence-electron chi connectivity index (χ3n) is 3.50. The van der Waals surface area contributed by atoms with E-state index in [2.05, 4.69) is 10.8 Å². The van der Waals surface area contributed by atoms with Crippen molar-refractivity contribution in [3.63, 3.8) is 0 Å². The van der Waals surface area contributed by atoms with Crippen molar-refractivity contribution < 1.29 is 13.2 Å². The van der Waals surface area contributed by atoms with Crippen LogP contribution in [0.3, 0.4) is 0 Å². The SMILES string of the molecule is CC(C)S(=O)(=O)N[C@H]1COC[C@H]1c1ccccc1C#N. The zero-order chi connectivity index (χ0) is 14.8. The fourth-order valence-electron chi connectivity index (χ4n) is 2.25. The van der Waals surface area contributed by atoms with Crippen molar-refractivity contribution in [2.45, 2.75) is 31.1 Å². The van der Waals surface area contributed by atoms with Crippen LogP contribution >= 0.6 is 0 Å². The molecular weight excluding hydrogens is 276 g/mol. The molecule has 5 nitrogen and oxygen atoms in total. The lowest BCUT2D eigenvalue weighted by atomic mass is 9.91. The third-order valence-corrected chi connectivity index (χ3v) is 5.37. The van der Waals surface area contributed by atoms with Gasteiger partial charge in [-0.3, -0.25) is 0 Å². The Balaban J connectivity index is 2.26. The zero-order valence-corrected chi connectivity index (χ0v) is 12.4. The van der Waals surface area contributed by atoms with Gasteiger partial charge in [0.1, 0.15) is 0 Å². The van der Waals surface area contributed by atoms with Crippen LogP contribution in [-0.2, 0) is 14.8 Å². The Bertz CT molecular complexity index is 620. The smallest absolute Gasteiger partial charge is 0.214 e. The lowest BCUT2D eigenvalue weighted by Crippen LogP contribution is -2.42. The van der Waals surface area contributed by atoms with E-state index in [1.807, 2.05) is 12.1 Å². The lowest BCUT2D eigenvalue weighted by molar-refractivity contribution is 0.189. The number of nitrogens with one attached hydrogen (secondary N) is 1. The molecule has 0 bridgehead atoms. The molecular formula is C14H18N2O3S. The Morgan fingerprint density at radius 3 is 2.70 bits per heavy atom. The Morgan fingerprint density at radius 2 is 2.05 bits per heavy atom. The standard InChI is InChI=1S/C14H18N2O3S/c1-10(2)20(17,18)16-14-9-19-8-13(14)12-6-4-3-5-11(12)7-15/h3-6,10,13-14,16H,8-9H2,1-2H3/t13-,14-/m0/s1.